The summed E-state index contributed by atoms with van der Waals surface area (Å²) in [4.78, 5) is 0. The first-order valence-electron chi connectivity index (χ1n) is 4.61. The zero-order valence-electron chi connectivity index (χ0n) is 9.07. The third-order valence-electron chi connectivity index (χ3n) is 1.87. The lowest BCUT2D eigenvalue weighted by Gasteiger charge is -2.38. The van der Waals surface area contributed by atoms with Crippen molar-refractivity contribution < 1.29 is 16.5 Å². The lowest BCUT2D eigenvalue weighted by molar-refractivity contribution is 0.275. The first kappa shape index (κ1) is 13.1. The fraction of sp³-hybridized carbons (Fsp3) is 1.00. The van der Waals surface area contributed by atoms with E-state index >= 15 is 0 Å². The lowest BCUT2D eigenvalue weighted by atomic mass is 11.9. The highest BCUT2D eigenvalue weighted by molar-refractivity contribution is 7.82. The lowest BCUT2D eigenvalue weighted by Crippen LogP contribution is -2.57. The van der Waals surface area contributed by atoms with E-state index in [0.717, 1.165) is 0 Å². The Balaban J connectivity index is 2.69. The molecule has 0 aromatic rings. The zero-order valence-corrected chi connectivity index (χ0v) is 14.5. The summed E-state index contributed by atoms with van der Waals surface area (Å²) in [6, 6.07) is 0. The molecular weight excluding hydrogens is 268 g/mol. The van der Waals surface area contributed by atoms with Gasteiger partial charge in [0.2, 0.25) is 0 Å². The third kappa shape index (κ3) is 3.90. The predicted molar refractivity (Wildman–Crippen MR) is 68.9 cm³/mol. The molecule has 1 heterocycles. The van der Waals surface area contributed by atoms with Crippen LogP contribution < -0.4 is 0 Å². The van der Waals surface area contributed by atoms with Gasteiger partial charge in [-0.15, -0.1) is 0 Å². The fourth-order valence-corrected chi connectivity index (χ4v) is 15.6. The second-order valence-corrected chi connectivity index (χ2v) is 15.9. The molecule has 4 nitrogen and oxygen atoms in total. The standard InChI is InChI=1S/C5H18O4SSi4/c1-12-6-11-7-14(4,5-10)9-13(2,3)8-12/h10,12H,5,11H2,1-4H3. The van der Waals surface area contributed by atoms with Crippen LogP contribution in [0, 0.1) is 0 Å². The van der Waals surface area contributed by atoms with Gasteiger partial charge >= 0.3 is 17.1 Å². The van der Waals surface area contributed by atoms with E-state index in [1.54, 1.807) is 0 Å². The molecular formula is C5H18O4SSi4. The van der Waals surface area contributed by atoms with E-state index in [9.17, 15) is 0 Å². The van der Waals surface area contributed by atoms with Crippen molar-refractivity contribution in [2.75, 3.05) is 5.38 Å². The fourth-order valence-electron chi connectivity index (χ4n) is 1.34. The zero-order chi connectivity index (χ0) is 10.8. The molecule has 0 aliphatic carbocycles. The predicted octanol–water partition coefficient (Wildman–Crippen LogP) is 0.158. The maximum absolute atomic E-state index is 6.03. The van der Waals surface area contributed by atoms with Gasteiger partial charge in [0, 0.05) is 5.38 Å². The van der Waals surface area contributed by atoms with Gasteiger partial charge in [-0.2, -0.15) is 12.6 Å². The molecule has 1 aliphatic heterocycles. The van der Waals surface area contributed by atoms with Gasteiger partial charge in [-0.3, -0.25) is 0 Å². The van der Waals surface area contributed by atoms with Gasteiger partial charge in [0.05, 0.1) is 0 Å². The molecule has 84 valence electrons. The summed E-state index contributed by atoms with van der Waals surface area (Å²) in [6.45, 7) is 8.15. The first-order valence-corrected chi connectivity index (χ1v) is 13.8. The van der Waals surface area contributed by atoms with E-state index < -0.39 is 36.4 Å². The maximum Gasteiger partial charge on any atom is 0.326 e. The molecule has 14 heavy (non-hydrogen) atoms. The molecule has 0 spiro atoms. The van der Waals surface area contributed by atoms with Crippen LogP contribution in [-0.4, -0.2) is 41.8 Å². The van der Waals surface area contributed by atoms with Crippen molar-refractivity contribution in [3.05, 3.63) is 0 Å². The van der Waals surface area contributed by atoms with Gasteiger partial charge in [0.15, 0.2) is 0 Å². The summed E-state index contributed by atoms with van der Waals surface area (Å²) in [5.41, 5.74) is 0. The quantitative estimate of drug-likeness (QED) is 0.550. The van der Waals surface area contributed by atoms with Crippen LogP contribution in [0.3, 0.4) is 0 Å². The Bertz CT molecular complexity index is 206. The highest BCUT2D eigenvalue weighted by Crippen LogP contribution is 2.20. The van der Waals surface area contributed by atoms with E-state index in [1.165, 1.54) is 0 Å². The van der Waals surface area contributed by atoms with E-state index in [4.69, 9.17) is 16.5 Å². The van der Waals surface area contributed by atoms with Gasteiger partial charge in [0.25, 0.3) is 19.3 Å². The van der Waals surface area contributed by atoms with Crippen molar-refractivity contribution in [2.24, 2.45) is 0 Å². The molecule has 0 radical (unpaired) electrons. The topological polar surface area (TPSA) is 36.9 Å². The number of thiol groups is 1. The van der Waals surface area contributed by atoms with Gasteiger partial charge in [-0.05, 0) is 26.2 Å². The van der Waals surface area contributed by atoms with Crippen molar-refractivity contribution in [1.82, 2.24) is 0 Å². The van der Waals surface area contributed by atoms with Crippen molar-refractivity contribution >= 4 is 49.0 Å². The summed E-state index contributed by atoms with van der Waals surface area (Å²) in [6.07, 6.45) is 0. The monoisotopic (exact) mass is 286 g/mol. The summed E-state index contributed by atoms with van der Waals surface area (Å²) >= 11 is 4.29. The van der Waals surface area contributed by atoms with Crippen LogP contribution in [0.4, 0.5) is 0 Å². The minimum atomic E-state index is -2.10. The van der Waals surface area contributed by atoms with Crippen molar-refractivity contribution in [1.29, 1.82) is 0 Å². The normalized spacial score (nSPS) is 40.5. The first-order chi connectivity index (χ1) is 6.37. The minimum absolute atomic E-state index is 0.666. The third-order valence-corrected chi connectivity index (χ3v) is 16.8. The second-order valence-electron chi connectivity index (χ2n) is 3.91. The van der Waals surface area contributed by atoms with E-state index in [2.05, 4.69) is 12.6 Å². The second kappa shape index (κ2) is 4.93. The number of hydrogen-bond donors (Lipinski definition) is 1. The van der Waals surface area contributed by atoms with Crippen molar-refractivity contribution in [2.45, 2.75) is 26.2 Å². The highest BCUT2D eigenvalue weighted by atomic mass is 32.1. The van der Waals surface area contributed by atoms with E-state index in [-0.39, 0.29) is 0 Å². The Labute approximate surface area is 97.1 Å². The molecule has 1 fully saturated rings. The van der Waals surface area contributed by atoms with Crippen LogP contribution in [0.25, 0.3) is 0 Å². The molecule has 0 N–H and O–H groups in total. The minimum Gasteiger partial charge on any atom is -0.423 e. The Morgan fingerprint density at radius 3 is 2.57 bits per heavy atom. The van der Waals surface area contributed by atoms with Crippen LogP contribution in [0.1, 0.15) is 0 Å². The molecule has 0 aromatic carbocycles. The smallest absolute Gasteiger partial charge is 0.326 e. The molecule has 1 rings (SSSR count). The Morgan fingerprint density at radius 2 is 2.00 bits per heavy atom. The Morgan fingerprint density at radius 1 is 1.36 bits per heavy atom. The van der Waals surface area contributed by atoms with Gasteiger partial charge < -0.3 is 16.5 Å². The molecule has 1 aliphatic rings. The molecule has 0 saturated carbocycles. The molecule has 2 atom stereocenters. The number of hydrogen-bond acceptors (Lipinski definition) is 5. The van der Waals surface area contributed by atoms with E-state index in [1.807, 2.05) is 26.2 Å². The highest BCUT2D eigenvalue weighted by Gasteiger charge is 2.41. The summed E-state index contributed by atoms with van der Waals surface area (Å²) < 4.78 is 23.3. The van der Waals surface area contributed by atoms with Crippen LogP contribution in [0.5, 0.6) is 0 Å². The van der Waals surface area contributed by atoms with Crippen molar-refractivity contribution in [3.8, 4) is 0 Å². The molecule has 2 unspecified atom stereocenters. The average Bonchev–Trinajstić information content (AvgIpc) is 2.00. The molecule has 1 saturated heterocycles. The van der Waals surface area contributed by atoms with Gasteiger partial charge in [-0.25, -0.2) is 0 Å². The summed E-state index contributed by atoms with van der Waals surface area (Å²) in [7, 11) is -6.55. The van der Waals surface area contributed by atoms with Crippen LogP contribution in [0.2, 0.25) is 26.2 Å². The van der Waals surface area contributed by atoms with Gasteiger partial charge in [0.1, 0.15) is 0 Å². The summed E-state index contributed by atoms with van der Waals surface area (Å²) in [5, 5.41) is 0.666. The van der Waals surface area contributed by atoms with Crippen LogP contribution in [-0.2, 0) is 16.5 Å². The Kier molecular flexibility index (Phi) is 4.62. The van der Waals surface area contributed by atoms with Crippen LogP contribution >= 0.6 is 12.6 Å². The average molecular weight is 287 g/mol. The number of rotatable bonds is 1. The van der Waals surface area contributed by atoms with E-state index in [0.29, 0.717) is 5.38 Å². The maximum atomic E-state index is 6.03. The molecule has 9 heteroatoms. The molecule has 0 amide bonds. The van der Waals surface area contributed by atoms with Crippen LogP contribution in [0.15, 0.2) is 0 Å². The Hall–Kier alpha value is 1.06. The largest absolute Gasteiger partial charge is 0.423 e. The SMILES string of the molecule is C[SiH]1O[SiH2]O[Si](C)(CS)O[Si](C)(C)O1. The van der Waals surface area contributed by atoms with Gasteiger partial charge in [-0.1, -0.05) is 0 Å². The molecule has 0 bridgehead atoms. The summed E-state index contributed by atoms with van der Waals surface area (Å²) in [5.74, 6) is 0. The molecule has 0 aromatic heterocycles. The van der Waals surface area contributed by atoms with Crippen molar-refractivity contribution in [3.63, 3.8) is 0 Å².